The summed E-state index contributed by atoms with van der Waals surface area (Å²) in [5.74, 6) is 0.664. The number of piperidine rings is 1. The van der Waals surface area contributed by atoms with E-state index in [-0.39, 0.29) is 0 Å². The second-order valence-corrected chi connectivity index (χ2v) is 6.61. The second kappa shape index (κ2) is 5.55. The fourth-order valence-electron chi connectivity index (χ4n) is 2.53. The maximum atomic E-state index is 4.34. The smallest absolute Gasteiger partial charge is 0.0951 e. The highest BCUT2D eigenvalue weighted by molar-refractivity contribution is 9.10. The van der Waals surface area contributed by atoms with Gasteiger partial charge in [0.05, 0.1) is 12.9 Å². The molecule has 1 saturated heterocycles. The van der Waals surface area contributed by atoms with E-state index in [1.54, 1.807) is 11.3 Å². The number of nitrogens with zero attached hydrogens (tertiary/aromatic N) is 2. The minimum Gasteiger partial charge on any atom is -0.329 e. The zero-order valence-corrected chi connectivity index (χ0v) is 12.5. The van der Waals surface area contributed by atoms with Crippen molar-refractivity contribution in [3.8, 4) is 0 Å². The van der Waals surface area contributed by atoms with Crippen LogP contribution >= 0.6 is 27.3 Å². The molecule has 0 radical (unpaired) electrons. The van der Waals surface area contributed by atoms with Crippen LogP contribution in [0.5, 0.6) is 0 Å². The summed E-state index contributed by atoms with van der Waals surface area (Å²) in [6.45, 7) is 3.19. The monoisotopic (exact) mass is 325 g/mol. The van der Waals surface area contributed by atoms with E-state index in [0.717, 1.165) is 19.6 Å². The fraction of sp³-hybridized carbons (Fsp3) is 0.462. The zero-order valence-electron chi connectivity index (χ0n) is 10.1. The van der Waals surface area contributed by atoms with Gasteiger partial charge in [0.25, 0.3) is 0 Å². The Morgan fingerprint density at radius 3 is 3.00 bits per heavy atom. The summed E-state index contributed by atoms with van der Waals surface area (Å²) in [6, 6.07) is 2.19. The molecule has 2 aromatic rings. The summed E-state index contributed by atoms with van der Waals surface area (Å²) < 4.78 is 3.47. The van der Waals surface area contributed by atoms with Crippen LogP contribution in [0.3, 0.4) is 0 Å². The van der Waals surface area contributed by atoms with Crippen molar-refractivity contribution in [3.63, 3.8) is 0 Å². The molecule has 5 heteroatoms. The highest BCUT2D eigenvalue weighted by Gasteiger charge is 2.18. The molecule has 0 bridgehead atoms. The molecule has 0 amide bonds. The Bertz CT molecular complexity index is 514. The summed E-state index contributed by atoms with van der Waals surface area (Å²) in [5.41, 5.74) is 1.39. The molecule has 0 spiro atoms. The Morgan fingerprint density at radius 2 is 2.28 bits per heavy atom. The predicted octanol–water partition coefficient (Wildman–Crippen LogP) is 3.22. The molecular weight excluding hydrogens is 310 g/mol. The molecule has 3 nitrogen and oxygen atoms in total. The van der Waals surface area contributed by atoms with Gasteiger partial charge in [-0.1, -0.05) is 0 Å². The summed E-state index contributed by atoms with van der Waals surface area (Å²) >= 11 is 5.30. The standard InChI is InChI=1S/C13H16BrN3S/c14-11-5-12(18-8-11)7-17-9-16-6-13(17)10-1-3-15-4-2-10/h5-6,8-10,15H,1-4,7H2. The van der Waals surface area contributed by atoms with Gasteiger partial charge in [0.1, 0.15) is 0 Å². The van der Waals surface area contributed by atoms with Gasteiger partial charge >= 0.3 is 0 Å². The Balaban J connectivity index is 1.78. The van der Waals surface area contributed by atoms with Crippen LogP contribution in [0.25, 0.3) is 0 Å². The Labute approximate surface area is 119 Å². The Morgan fingerprint density at radius 1 is 1.44 bits per heavy atom. The number of hydrogen-bond acceptors (Lipinski definition) is 3. The number of halogens is 1. The van der Waals surface area contributed by atoms with E-state index >= 15 is 0 Å². The van der Waals surface area contributed by atoms with Crippen LogP contribution in [0.2, 0.25) is 0 Å². The average Bonchev–Trinajstić information content (AvgIpc) is 3.00. The quantitative estimate of drug-likeness (QED) is 0.939. The molecule has 0 saturated carbocycles. The number of thiophene rings is 1. The predicted molar refractivity (Wildman–Crippen MR) is 78.2 cm³/mol. The SMILES string of the molecule is Brc1csc(Cn2cncc2C2CCNCC2)c1. The first-order valence-electron chi connectivity index (χ1n) is 6.26. The van der Waals surface area contributed by atoms with Crippen LogP contribution in [0.15, 0.2) is 28.4 Å². The maximum Gasteiger partial charge on any atom is 0.0951 e. The molecule has 0 aliphatic carbocycles. The Hall–Kier alpha value is -0.650. The first kappa shape index (κ1) is 12.4. The van der Waals surface area contributed by atoms with Crippen LogP contribution in [0.4, 0.5) is 0 Å². The van der Waals surface area contributed by atoms with Crippen LogP contribution < -0.4 is 5.32 Å². The van der Waals surface area contributed by atoms with E-state index in [1.807, 2.05) is 12.5 Å². The lowest BCUT2D eigenvalue weighted by Gasteiger charge is -2.23. The van der Waals surface area contributed by atoms with Crippen LogP contribution in [0, 0.1) is 0 Å². The third-order valence-electron chi connectivity index (χ3n) is 3.45. The van der Waals surface area contributed by atoms with E-state index in [2.05, 4.69) is 42.2 Å². The lowest BCUT2D eigenvalue weighted by molar-refractivity contribution is 0.442. The van der Waals surface area contributed by atoms with Crippen molar-refractivity contribution in [3.05, 3.63) is 39.0 Å². The first-order valence-corrected chi connectivity index (χ1v) is 7.94. The molecule has 3 heterocycles. The lowest BCUT2D eigenvalue weighted by atomic mass is 9.95. The van der Waals surface area contributed by atoms with Gasteiger partial charge in [-0.15, -0.1) is 11.3 Å². The summed E-state index contributed by atoms with van der Waals surface area (Å²) in [6.07, 6.45) is 6.45. The molecule has 18 heavy (non-hydrogen) atoms. The fourth-order valence-corrected chi connectivity index (χ4v) is 3.97. The number of nitrogens with one attached hydrogen (secondary N) is 1. The number of rotatable bonds is 3. The molecule has 0 aromatic carbocycles. The van der Waals surface area contributed by atoms with Crippen molar-refractivity contribution in [2.75, 3.05) is 13.1 Å². The van der Waals surface area contributed by atoms with Crippen LogP contribution in [0.1, 0.15) is 29.3 Å². The molecule has 1 fully saturated rings. The maximum absolute atomic E-state index is 4.34. The summed E-state index contributed by atoms with van der Waals surface area (Å²) in [4.78, 5) is 5.71. The third kappa shape index (κ3) is 2.68. The highest BCUT2D eigenvalue weighted by Crippen LogP contribution is 2.27. The minimum absolute atomic E-state index is 0.664. The van der Waals surface area contributed by atoms with E-state index < -0.39 is 0 Å². The minimum atomic E-state index is 0.664. The molecule has 3 rings (SSSR count). The first-order chi connectivity index (χ1) is 8.83. The number of aromatic nitrogens is 2. The van der Waals surface area contributed by atoms with Gasteiger partial charge < -0.3 is 9.88 Å². The van der Waals surface area contributed by atoms with Gasteiger partial charge in [-0.25, -0.2) is 4.98 Å². The van der Waals surface area contributed by atoms with Crippen molar-refractivity contribution in [1.29, 1.82) is 0 Å². The number of imidazole rings is 1. The van der Waals surface area contributed by atoms with Crippen molar-refractivity contribution >= 4 is 27.3 Å². The van der Waals surface area contributed by atoms with Gasteiger partial charge in [0.2, 0.25) is 0 Å². The van der Waals surface area contributed by atoms with E-state index in [9.17, 15) is 0 Å². The summed E-state index contributed by atoms with van der Waals surface area (Å²) in [5, 5.41) is 5.55. The van der Waals surface area contributed by atoms with Crippen molar-refractivity contribution in [2.45, 2.75) is 25.3 Å². The average molecular weight is 326 g/mol. The van der Waals surface area contributed by atoms with Crippen molar-refractivity contribution < 1.29 is 0 Å². The molecule has 96 valence electrons. The zero-order chi connectivity index (χ0) is 12.4. The van der Waals surface area contributed by atoms with Crippen LogP contribution in [-0.4, -0.2) is 22.6 Å². The summed E-state index contributed by atoms with van der Waals surface area (Å²) in [7, 11) is 0. The highest BCUT2D eigenvalue weighted by atomic mass is 79.9. The molecular formula is C13H16BrN3S. The molecule has 2 aromatic heterocycles. The largest absolute Gasteiger partial charge is 0.329 e. The van der Waals surface area contributed by atoms with E-state index in [0.29, 0.717) is 5.92 Å². The third-order valence-corrected chi connectivity index (χ3v) is 5.13. The lowest BCUT2D eigenvalue weighted by Crippen LogP contribution is -2.27. The van der Waals surface area contributed by atoms with Crippen molar-refractivity contribution in [2.24, 2.45) is 0 Å². The van der Waals surface area contributed by atoms with Gasteiger partial charge in [0, 0.05) is 32.5 Å². The molecule has 1 aliphatic heterocycles. The molecule has 0 atom stereocenters. The topological polar surface area (TPSA) is 29.9 Å². The van der Waals surface area contributed by atoms with Gasteiger partial charge in [-0.2, -0.15) is 0 Å². The van der Waals surface area contributed by atoms with Gasteiger partial charge in [0.15, 0.2) is 0 Å². The van der Waals surface area contributed by atoms with E-state index in [1.165, 1.54) is 27.9 Å². The number of hydrogen-bond donors (Lipinski definition) is 1. The molecule has 1 N–H and O–H groups in total. The Kier molecular flexibility index (Phi) is 3.82. The second-order valence-electron chi connectivity index (χ2n) is 4.70. The van der Waals surface area contributed by atoms with Gasteiger partial charge in [-0.3, -0.25) is 0 Å². The normalized spacial score (nSPS) is 17.2. The van der Waals surface area contributed by atoms with Crippen LogP contribution in [-0.2, 0) is 6.54 Å². The molecule has 0 unspecified atom stereocenters. The van der Waals surface area contributed by atoms with E-state index in [4.69, 9.17) is 0 Å². The van der Waals surface area contributed by atoms with Crippen molar-refractivity contribution in [1.82, 2.24) is 14.9 Å². The molecule has 1 aliphatic rings. The van der Waals surface area contributed by atoms with Gasteiger partial charge in [-0.05, 0) is 47.9 Å².